The largest absolute Gasteiger partial charge is 0.493 e. The summed E-state index contributed by atoms with van der Waals surface area (Å²) in [5, 5.41) is 21.0. The fraction of sp³-hybridized carbons (Fsp3) is 0.190. The van der Waals surface area contributed by atoms with Gasteiger partial charge in [0.1, 0.15) is 12.3 Å². The number of nitrogens with one attached hydrogen (secondary N) is 1. The molecule has 1 aromatic heterocycles. The number of nitrogens with zero attached hydrogens (tertiary/aromatic N) is 3. The Kier molecular flexibility index (Phi) is 6.66. The fourth-order valence-electron chi connectivity index (χ4n) is 2.91. The molecule has 0 unspecified atom stereocenters. The highest BCUT2D eigenvalue weighted by Gasteiger charge is 2.19. The number of halogens is 1. The molecule has 0 aliphatic rings. The first kappa shape index (κ1) is 22.0. The number of hydrogen-bond donors (Lipinski definition) is 2. The fourth-order valence-corrected chi connectivity index (χ4v) is 3.14. The summed E-state index contributed by atoms with van der Waals surface area (Å²) in [6.07, 6.45) is 0. The van der Waals surface area contributed by atoms with Gasteiger partial charge in [0.2, 0.25) is 11.8 Å². The van der Waals surface area contributed by atoms with Crippen LogP contribution in [0.25, 0.3) is 10.9 Å². The Balaban J connectivity index is 1.60. The summed E-state index contributed by atoms with van der Waals surface area (Å²) in [7, 11) is 0. The Bertz CT molecular complexity index is 1200. The maximum atomic E-state index is 12.0. The zero-order valence-corrected chi connectivity index (χ0v) is 17.5. The smallest absolute Gasteiger partial charge is 0.283 e. The van der Waals surface area contributed by atoms with Crippen LogP contribution in [0.1, 0.15) is 17.3 Å². The number of aromatic nitrogens is 1. The van der Waals surface area contributed by atoms with Gasteiger partial charge in [0.25, 0.3) is 11.8 Å². The third kappa shape index (κ3) is 5.07. The van der Waals surface area contributed by atoms with E-state index in [1.807, 2.05) is 0 Å². The first-order chi connectivity index (χ1) is 14.8. The average molecular weight is 443 g/mol. The van der Waals surface area contributed by atoms with Crippen molar-refractivity contribution < 1.29 is 24.2 Å². The van der Waals surface area contributed by atoms with Gasteiger partial charge in [-0.15, -0.1) is 10.2 Å². The number of carbonyl (C=O) groups is 3. The van der Waals surface area contributed by atoms with Crippen LogP contribution in [-0.2, 0) is 9.59 Å². The summed E-state index contributed by atoms with van der Waals surface area (Å²) in [5.74, 6) is -1.59. The molecule has 0 atom stereocenters. The van der Waals surface area contributed by atoms with E-state index in [4.69, 9.17) is 16.3 Å². The molecule has 0 saturated carbocycles. The molecule has 1 heterocycles. The molecule has 31 heavy (non-hydrogen) atoms. The number of carbonyl (C=O) groups excluding carboxylic acids is 3. The molecule has 0 radical (unpaired) electrons. The molecule has 3 rings (SSSR count). The molecule has 10 heteroatoms. The van der Waals surface area contributed by atoms with Crippen LogP contribution in [0, 0.1) is 6.92 Å². The van der Waals surface area contributed by atoms with Crippen LogP contribution >= 0.6 is 11.6 Å². The van der Waals surface area contributed by atoms with Crippen molar-refractivity contribution in [1.82, 2.24) is 9.88 Å². The Hall–Kier alpha value is -3.72. The number of amides is 2. The van der Waals surface area contributed by atoms with Crippen molar-refractivity contribution in [3.63, 3.8) is 0 Å². The quantitative estimate of drug-likeness (QED) is 0.562. The number of aryl methyl sites for hydroxylation is 1. The van der Waals surface area contributed by atoms with Crippen LogP contribution in [0.5, 0.6) is 11.6 Å². The predicted octanol–water partition coefficient (Wildman–Crippen LogP) is 3.77. The number of ether oxygens (including phenoxy) is 1. The van der Waals surface area contributed by atoms with E-state index in [0.29, 0.717) is 21.7 Å². The zero-order chi connectivity index (χ0) is 22.5. The molecular formula is C21H19ClN4O5. The lowest BCUT2D eigenvalue weighted by Gasteiger charge is -2.09. The minimum atomic E-state index is -0.741. The SMILES string of the molecule is CC(=O)n1c(O)c(N=NC(=O)CNC(=O)COc2ccc(Cl)cc2C)c2ccccc21. The van der Waals surface area contributed by atoms with Gasteiger partial charge in [-0.3, -0.25) is 14.4 Å². The van der Waals surface area contributed by atoms with Gasteiger partial charge >= 0.3 is 0 Å². The van der Waals surface area contributed by atoms with E-state index in [1.54, 1.807) is 49.4 Å². The summed E-state index contributed by atoms with van der Waals surface area (Å²) in [4.78, 5) is 35.7. The van der Waals surface area contributed by atoms with Gasteiger partial charge in [0.15, 0.2) is 12.3 Å². The number of aromatic hydroxyl groups is 1. The highest BCUT2D eigenvalue weighted by atomic mass is 35.5. The van der Waals surface area contributed by atoms with Crippen molar-refractivity contribution in [2.24, 2.45) is 10.2 Å². The van der Waals surface area contributed by atoms with Crippen molar-refractivity contribution in [3.8, 4) is 11.6 Å². The summed E-state index contributed by atoms with van der Waals surface area (Å²) in [6, 6.07) is 11.7. The third-order valence-corrected chi connectivity index (χ3v) is 4.57. The van der Waals surface area contributed by atoms with Gasteiger partial charge in [0, 0.05) is 17.3 Å². The Morgan fingerprint density at radius 1 is 1.19 bits per heavy atom. The summed E-state index contributed by atoms with van der Waals surface area (Å²) in [6.45, 7) is 2.39. The normalized spacial score (nSPS) is 11.1. The lowest BCUT2D eigenvalue weighted by Crippen LogP contribution is -2.32. The number of para-hydroxylation sites is 1. The van der Waals surface area contributed by atoms with E-state index >= 15 is 0 Å². The van der Waals surface area contributed by atoms with Gasteiger partial charge < -0.3 is 15.2 Å². The Morgan fingerprint density at radius 2 is 1.94 bits per heavy atom. The molecule has 160 valence electrons. The highest BCUT2D eigenvalue weighted by Crippen LogP contribution is 2.38. The second kappa shape index (κ2) is 9.40. The third-order valence-electron chi connectivity index (χ3n) is 4.33. The summed E-state index contributed by atoms with van der Waals surface area (Å²) in [5.41, 5.74) is 1.21. The topological polar surface area (TPSA) is 122 Å². The molecule has 0 fully saturated rings. The number of hydrogen-bond acceptors (Lipinski definition) is 6. The van der Waals surface area contributed by atoms with Crippen LogP contribution in [0.3, 0.4) is 0 Å². The molecule has 0 aliphatic heterocycles. The number of azo groups is 1. The van der Waals surface area contributed by atoms with Crippen molar-refractivity contribution in [1.29, 1.82) is 0 Å². The summed E-state index contributed by atoms with van der Waals surface area (Å²) >= 11 is 5.87. The minimum absolute atomic E-state index is 0.00739. The molecule has 3 aromatic rings. The van der Waals surface area contributed by atoms with E-state index < -0.39 is 30.1 Å². The second-order valence-electron chi connectivity index (χ2n) is 6.61. The maximum Gasteiger partial charge on any atom is 0.283 e. The standard InChI is InChI=1S/C21H19ClN4O5/c1-12-9-14(22)7-8-17(12)31-11-19(29)23-10-18(28)24-25-20-15-5-3-4-6-16(15)26(13(2)27)21(20)30/h3-9,30H,10-11H2,1-2H3,(H,23,29). The molecule has 2 aromatic carbocycles. The van der Waals surface area contributed by atoms with Gasteiger partial charge in [0.05, 0.1) is 5.52 Å². The van der Waals surface area contributed by atoms with Gasteiger partial charge in [-0.2, -0.15) is 0 Å². The van der Waals surface area contributed by atoms with E-state index in [2.05, 4.69) is 15.5 Å². The molecule has 0 aliphatic carbocycles. The first-order valence-electron chi connectivity index (χ1n) is 9.21. The summed E-state index contributed by atoms with van der Waals surface area (Å²) < 4.78 is 6.48. The highest BCUT2D eigenvalue weighted by molar-refractivity contribution is 6.30. The second-order valence-corrected chi connectivity index (χ2v) is 7.05. The maximum absolute atomic E-state index is 12.0. The van der Waals surface area contributed by atoms with Crippen LogP contribution in [0.15, 0.2) is 52.7 Å². The molecule has 0 bridgehead atoms. The zero-order valence-electron chi connectivity index (χ0n) is 16.8. The van der Waals surface area contributed by atoms with Gasteiger partial charge in [-0.25, -0.2) is 4.57 Å². The Labute approximate surface area is 182 Å². The van der Waals surface area contributed by atoms with Crippen LogP contribution < -0.4 is 10.1 Å². The van der Waals surface area contributed by atoms with E-state index in [0.717, 1.165) is 10.1 Å². The van der Waals surface area contributed by atoms with Crippen LogP contribution in [0.2, 0.25) is 5.02 Å². The number of fused-ring (bicyclic) bond motifs is 1. The van der Waals surface area contributed by atoms with Gasteiger partial charge in [-0.05, 0) is 36.8 Å². The van der Waals surface area contributed by atoms with E-state index in [9.17, 15) is 19.5 Å². The number of benzene rings is 2. The minimum Gasteiger partial charge on any atom is -0.493 e. The molecule has 0 saturated heterocycles. The molecule has 9 nitrogen and oxygen atoms in total. The van der Waals surface area contributed by atoms with Crippen LogP contribution in [0.4, 0.5) is 5.69 Å². The average Bonchev–Trinajstić information content (AvgIpc) is 3.01. The molecule has 0 spiro atoms. The van der Waals surface area contributed by atoms with Crippen molar-refractivity contribution in [3.05, 3.63) is 53.1 Å². The molecule has 2 amide bonds. The van der Waals surface area contributed by atoms with Crippen molar-refractivity contribution >= 4 is 45.9 Å². The lowest BCUT2D eigenvalue weighted by atomic mass is 10.2. The van der Waals surface area contributed by atoms with Crippen molar-refractivity contribution in [2.45, 2.75) is 13.8 Å². The number of rotatable bonds is 6. The van der Waals surface area contributed by atoms with E-state index in [1.165, 1.54) is 6.92 Å². The molecular weight excluding hydrogens is 424 g/mol. The first-order valence-corrected chi connectivity index (χ1v) is 9.59. The monoisotopic (exact) mass is 442 g/mol. The lowest BCUT2D eigenvalue weighted by molar-refractivity contribution is -0.126. The van der Waals surface area contributed by atoms with Crippen molar-refractivity contribution in [2.75, 3.05) is 13.2 Å². The van der Waals surface area contributed by atoms with E-state index in [-0.39, 0.29) is 12.3 Å². The molecule has 2 N–H and O–H groups in total. The van der Waals surface area contributed by atoms with Gasteiger partial charge in [-0.1, -0.05) is 29.8 Å². The Morgan fingerprint density at radius 3 is 2.65 bits per heavy atom. The van der Waals surface area contributed by atoms with Crippen LogP contribution in [-0.4, -0.2) is 40.5 Å². The predicted molar refractivity (Wildman–Crippen MR) is 114 cm³/mol.